The van der Waals surface area contributed by atoms with E-state index in [-0.39, 0.29) is 12.5 Å². The summed E-state index contributed by atoms with van der Waals surface area (Å²) in [6.07, 6.45) is 1.48. The van der Waals surface area contributed by atoms with Crippen LogP contribution < -0.4 is 5.32 Å². The van der Waals surface area contributed by atoms with Crippen LogP contribution in [0.5, 0.6) is 0 Å². The Morgan fingerprint density at radius 2 is 2.09 bits per heavy atom. The average molecular weight is 311 g/mol. The van der Waals surface area contributed by atoms with Crippen LogP contribution in [0.3, 0.4) is 0 Å². The number of nitrogens with zero attached hydrogens (tertiary/aromatic N) is 1. The molecule has 2 heterocycles. The molecule has 1 atom stereocenters. The summed E-state index contributed by atoms with van der Waals surface area (Å²) in [5.74, 6) is 0.0545. The van der Waals surface area contributed by atoms with Crippen molar-refractivity contribution in [3.63, 3.8) is 0 Å². The van der Waals surface area contributed by atoms with Gasteiger partial charge in [-0.05, 0) is 25.1 Å². The number of aliphatic hydroxyl groups is 1. The molecule has 3 N–H and O–H groups in total. The highest BCUT2D eigenvalue weighted by atomic mass is 16.4. The zero-order chi connectivity index (χ0) is 16.3. The highest BCUT2D eigenvalue weighted by Crippen LogP contribution is 2.20. The number of hydrogen-bond donors (Lipinski definition) is 3. The second-order valence-electron chi connectivity index (χ2n) is 5.47. The normalized spacial score (nSPS) is 13.5. The molecule has 0 saturated heterocycles. The smallest absolute Gasteiger partial charge is 0.269 e. The zero-order valence-electron chi connectivity index (χ0n) is 12.6. The number of aromatic nitrogens is 2. The Bertz CT molecular complexity index is 777. The molecule has 6 heteroatoms. The lowest BCUT2D eigenvalue weighted by Crippen LogP contribution is -2.38. The number of carbonyl (C=O) groups is 1. The lowest BCUT2D eigenvalue weighted by atomic mass is 10.0. The molecule has 6 nitrogen and oxygen atoms in total. The van der Waals surface area contributed by atoms with Gasteiger partial charge in [0.1, 0.15) is 17.1 Å². The van der Waals surface area contributed by atoms with Crippen LogP contribution in [0.25, 0.3) is 11.3 Å². The van der Waals surface area contributed by atoms with E-state index >= 15 is 0 Å². The van der Waals surface area contributed by atoms with Crippen LogP contribution in [-0.2, 0) is 5.60 Å². The summed E-state index contributed by atoms with van der Waals surface area (Å²) in [5.41, 5.74) is 0.666. The molecule has 2 aromatic heterocycles. The summed E-state index contributed by atoms with van der Waals surface area (Å²) in [6, 6.07) is 14.6. The van der Waals surface area contributed by atoms with Crippen molar-refractivity contribution in [2.45, 2.75) is 12.5 Å². The van der Waals surface area contributed by atoms with Crippen LogP contribution in [0.1, 0.15) is 23.2 Å². The maximum Gasteiger partial charge on any atom is 0.269 e. The summed E-state index contributed by atoms with van der Waals surface area (Å²) >= 11 is 0. The number of amides is 1. The molecule has 1 aromatic carbocycles. The largest absolute Gasteiger partial charge is 0.466 e. The predicted molar refractivity (Wildman–Crippen MR) is 84.6 cm³/mol. The van der Waals surface area contributed by atoms with Crippen molar-refractivity contribution in [1.82, 2.24) is 15.5 Å². The van der Waals surface area contributed by atoms with Crippen LogP contribution in [0.4, 0.5) is 0 Å². The van der Waals surface area contributed by atoms with Crippen molar-refractivity contribution >= 4 is 5.91 Å². The molecule has 0 bridgehead atoms. The minimum atomic E-state index is -1.28. The Balaban J connectivity index is 1.66. The summed E-state index contributed by atoms with van der Waals surface area (Å²) < 4.78 is 5.18. The zero-order valence-corrected chi connectivity index (χ0v) is 12.6. The first-order valence-corrected chi connectivity index (χ1v) is 7.22. The Morgan fingerprint density at radius 3 is 2.78 bits per heavy atom. The molecule has 0 aliphatic rings. The fraction of sp³-hybridized carbons (Fsp3) is 0.176. The monoisotopic (exact) mass is 311 g/mol. The van der Waals surface area contributed by atoms with Crippen LogP contribution in [0.2, 0.25) is 0 Å². The molecule has 0 fully saturated rings. The van der Waals surface area contributed by atoms with Crippen molar-refractivity contribution < 1.29 is 14.3 Å². The highest BCUT2D eigenvalue weighted by Gasteiger charge is 2.27. The second kappa shape index (κ2) is 6.10. The van der Waals surface area contributed by atoms with Crippen LogP contribution in [0, 0.1) is 0 Å². The summed E-state index contributed by atoms with van der Waals surface area (Å²) in [5, 5.41) is 19.8. The lowest BCUT2D eigenvalue weighted by Gasteiger charge is -2.20. The number of hydrogen-bond acceptors (Lipinski definition) is 4. The molecule has 23 heavy (non-hydrogen) atoms. The van der Waals surface area contributed by atoms with E-state index in [1.165, 1.54) is 6.26 Å². The van der Waals surface area contributed by atoms with Gasteiger partial charge in [-0.15, -0.1) is 0 Å². The SMILES string of the molecule is CC(O)(CNC(=O)c1cc(-c2ccccc2)n[nH]1)c1ccco1. The van der Waals surface area contributed by atoms with Crippen molar-refractivity contribution in [3.05, 3.63) is 66.2 Å². The Morgan fingerprint density at radius 1 is 1.30 bits per heavy atom. The van der Waals surface area contributed by atoms with Gasteiger partial charge < -0.3 is 14.8 Å². The maximum absolute atomic E-state index is 12.2. The van der Waals surface area contributed by atoms with Crippen LogP contribution in [-0.4, -0.2) is 27.8 Å². The molecule has 3 rings (SSSR count). The van der Waals surface area contributed by atoms with Gasteiger partial charge in [0.2, 0.25) is 0 Å². The van der Waals surface area contributed by atoms with Gasteiger partial charge in [0.15, 0.2) is 0 Å². The number of benzene rings is 1. The van der Waals surface area contributed by atoms with E-state index in [0.29, 0.717) is 17.1 Å². The van der Waals surface area contributed by atoms with Gasteiger partial charge in [-0.25, -0.2) is 0 Å². The molecule has 1 unspecified atom stereocenters. The molecule has 1 amide bonds. The summed E-state index contributed by atoms with van der Waals surface area (Å²) in [6.45, 7) is 1.60. The van der Waals surface area contributed by atoms with Gasteiger partial charge in [0.05, 0.1) is 18.5 Å². The van der Waals surface area contributed by atoms with Crippen molar-refractivity contribution in [2.75, 3.05) is 6.54 Å². The first kappa shape index (κ1) is 15.1. The molecule has 0 aliphatic heterocycles. The minimum Gasteiger partial charge on any atom is -0.466 e. The Hall–Kier alpha value is -2.86. The van der Waals surface area contributed by atoms with E-state index in [9.17, 15) is 9.90 Å². The van der Waals surface area contributed by atoms with E-state index in [0.717, 1.165) is 5.56 Å². The number of aromatic amines is 1. The Labute approximate surface area is 133 Å². The fourth-order valence-corrected chi connectivity index (χ4v) is 2.21. The predicted octanol–water partition coefficient (Wildman–Crippen LogP) is 2.31. The first-order chi connectivity index (χ1) is 11.1. The van der Waals surface area contributed by atoms with Gasteiger partial charge in [0, 0.05) is 5.56 Å². The molecule has 3 aromatic rings. The van der Waals surface area contributed by atoms with Gasteiger partial charge in [0.25, 0.3) is 5.91 Å². The first-order valence-electron chi connectivity index (χ1n) is 7.22. The molecular weight excluding hydrogens is 294 g/mol. The van der Waals surface area contributed by atoms with Crippen molar-refractivity contribution in [2.24, 2.45) is 0 Å². The maximum atomic E-state index is 12.2. The highest BCUT2D eigenvalue weighted by molar-refractivity contribution is 5.93. The minimum absolute atomic E-state index is 0.0268. The molecule has 118 valence electrons. The standard InChI is InChI=1S/C17H17N3O3/c1-17(22,15-8-5-9-23-15)11-18-16(21)14-10-13(19-20-14)12-6-3-2-4-7-12/h2-10,22H,11H2,1H3,(H,18,21)(H,19,20). The van der Waals surface area contributed by atoms with E-state index < -0.39 is 5.60 Å². The van der Waals surface area contributed by atoms with E-state index in [1.807, 2.05) is 30.3 Å². The van der Waals surface area contributed by atoms with Crippen molar-refractivity contribution in [1.29, 1.82) is 0 Å². The molecule has 0 radical (unpaired) electrons. The van der Waals surface area contributed by atoms with Crippen molar-refractivity contribution in [3.8, 4) is 11.3 Å². The van der Waals surface area contributed by atoms with Crippen LogP contribution in [0.15, 0.2) is 59.2 Å². The second-order valence-corrected chi connectivity index (χ2v) is 5.47. The number of H-pyrrole nitrogens is 1. The molecule has 0 aliphatic carbocycles. The average Bonchev–Trinajstić information content (AvgIpc) is 3.25. The third kappa shape index (κ3) is 3.32. The molecular formula is C17H17N3O3. The fourth-order valence-electron chi connectivity index (χ4n) is 2.21. The van der Waals surface area contributed by atoms with Gasteiger partial charge in [-0.1, -0.05) is 30.3 Å². The number of nitrogens with one attached hydrogen (secondary N) is 2. The van der Waals surface area contributed by atoms with E-state index in [1.54, 1.807) is 25.1 Å². The number of furan rings is 1. The molecule has 0 saturated carbocycles. The van der Waals surface area contributed by atoms with E-state index in [4.69, 9.17) is 4.42 Å². The number of carbonyl (C=O) groups excluding carboxylic acids is 1. The third-order valence-corrected chi connectivity index (χ3v) is 3.54. The summed E-state index contributed by atoms with van der Waals surface area (Å²) in [4.78, 5) is 12.2. The Kier molecular flexibility index (Phi) is 3.99. The summed E-state index contributed by atoms with van der Waals surface area (Å²) in [7, 11) is 0. The quantitative estimate of drug-likeness (QED) is 0.674. The third-order valence-electron chi connectivity index (χ3n) is 3.54. The van der Waals surface area contributed by atoms with Gasteiger partial charge in [-0.2, -0.15) is 5.10 Å². The van der Waals surface area contributed by atoms with Gasteiger partial charge in [-0.3, -0.25) is 9.89 Å². The molecule has 0 spiro atoms. The van der Waals surface area contributed by atoms with E-state index in [2.05, 4.69) is 15.5 Å². The number of rotatable bonds is 5. The lowest BCUT2D eigenvalue weighted by molar-refractivity contribution is 0.0329. The van der Waals surface area contributed by atoms with Crippen LogP contribution >= 0.6 is 0 Å². The van der Waals surface area contributed by atoms with Gasteiger partial charge >= 0.3 is 0 Å². The topological polar surface area (TPSA) is 91.1 Å².